The minimum absolute atomic E-state index is 0.0694. The van der Waals surface area contributed by atoms with Gasteiger partial charge < -0.3 is 5.73 Å². The lowest BCUT2D eigenvalue weighted by molar-refractivity contribution is 0.100. The number of nitrogens with two attached hydrogens (primary N) is 1. The Bertz CT molecular complexity index is 397. The topological polar surface area (TPSA) is 92.4 Å². The molecule has 0 heterocycles. The lowest BCUT2D eigenvalue weighted by Crippen LogP contribution is -2.15. The third-order valence-electron chi connectivity index (χ3n) is 1.44. The van der Waals surface area contributed by atoms with Crippen molar-refractivity contribution >= 4 is 34.5 Å². The summed E-state index contributed by atoms with van der Waals surface area (Å²) in [5, 5.41) is 0.327. The summed E-state index contributed by atoms with van der Waals surface area (Å²) in [6.07, 6.45) is 0. The summed E-state index contributed by atoms with van der Waals surface area (Å²) >= 11 is 3.37. The van der Waals surface area contributed by atoms with Crippen molar-refractivity contribution in [2.75, 3.05) is 4.72 Å². The molecule has 1 aromatic rings. The molecule has 0 radical (unpaired) electrons. The number of amides is 1. The van der Waals surface area contributed by atoms with Crippen LogP contribution in [0.5, 0.6) is 0 Å². The van der Waals surface area contributed by atoms with E-state index in [0.29, 0.717) is 5.02 Å². The third-order valence-corrected chi connectivity index (χ3v) is 2.07. The molecule has 0 aliphatic heterocycles. The maximum absolute atomic E-state index is 10.9. The summed E-state index contributed by atoms with van der Waals surface area (Å²) in [4.78, 5) is 10.9. The van der Waals surface area contributed by atoms with Crippen LogP contribution in [-0.4, -0.2) is 14.7 Å². The first-order chi connectivity index (χ1) is 6.50. The first-order valence-corrected chi connectivity index (χ1v) is 4.96. The first kappa shape index (κ1) is 11.0. The van der Waals surface area contributed by atoms with Gasteiger partial charge in [-0.15, -0.1) is 0 Å². The Balaban J connectivity index is 3.14. The van der Waals surface area contributed by atoms with Crippen LogP contribution in [0.4, 0.5) is 5.69 Å². The summed E-state index contributed by atoms with van der Waals surface area (Å²) in [5.74, 6) is -0.722. The quantitative estimate of drug-likeness (QED) is 0.681. The fourth-order valence-electron chi connectivity index (χ4n) is 0.903. The lowest BCUT2D eigenvalue weighted by Gasteiger charge is -2.06. The Kier molecular flexibility index (Phi) is 3.45. The molecule has 1 amide bonds. The molecule has 0 aliphatic rings. The molecule has 1 atom stereocenters. The van der Waals surface area contributed by atoms with Gasteiger partial charge in [0.05, 0.1) is 11.3 Å². The van der Waals surface area contributed by atoms with E-state index in [1.54, 1.807) is 0 Å². The Labute approximate surface area is 87.7 Å². The van der Waals surface area contributed by atoms with Gasteiger partial charge in [-0.25, -0.2) is 4.21 Å². The number of nitrogens with one attached hydrogen (secondary N) is 1. The molecule has 76 valence electrons. The van der Waals surface area contributed by atoms with Crippen molar-refractivity contribution < 1.29 is 13.6 Å². The average molecular weight is 235 g/mol. The molecule has 7 heteroatoms. The van der Waals surface area contributed by atoms with E-state index in [2.05, 4.69) is 4.72 Å². The van der Waals surface area contributed by atoms with Crippen molar-refractivity contribution in [2.45, 2.75) is 0 Å². The fraction of sp³-hybridized carbons (Fsp3) is 0. The molecule has 5 nitrogen and oxygen atoms in total. The Morgan fingerprint density at radius 3 is 2.71 bits per heavy atom. The Hall–Kier alpha value is -1.11. The van der Waals surface area contributed by atoms with Gasteiger partial charge in [-0.2, -0.15) is 0 Å². The van der Waals surface area contributed by atoms with E-state index in [1.807, 2.05) is 0 Å². The second-order valence-electron chi connectivity index (χ2n) is 2.41. The summed E-state index contributed by atoms with van der Waals surface area (Å²) in [5.41, 5.74) is 5.28. The highest BCUT2D eigenvalue weighted by molar-refractivity contribution is 7.80. The van der Waals surface area contributed by atoms with Crippen LogP contribution in [0.1, 0.15) is 10.4 Å². The Morgan fingerprint density at radius 1 is 1.57 bits per heavy atom. The number of carbonyl (C=O) groups excluding carboxylic acids is 1. The van der Waals surface area contributed by atoms with Gasteiger partial charge in [-0.3, -0.25) is 14.1 Å². The van der Waals surface area contributed by atoms with E-state index in [1.165, 1.54) is 18.2 Å². The number of benzene rings is 1. The second kappa shape index (κ2) is 4.41. The standard InChI is InChI=1S/C7H7ClN2O3S/c8-4-1-2-6(10-14(12)13)5(3-4)7(9)11/h1-3,10H,(H2,9,11)(H,12,13). The second-order valence-corrected chi connectivity index (χ2v) is 3.54. The van der Waals surface area contributed by atoms with Crippen molar-refractivity contribution in [2.24, 2.45) is 5.73 Å². The van der Waals surface area contributed by atoms with E-state index in [9.17, 15) is 9.00 Å². The van der Waals surface area contributed by atoms with E-state index in [4.69, 9.17) is 21.9 Å². The van der Waals surface area contributed by atoms with Crippen LogP contribution in [0.15, 0.2) is 18.2 Å². The number of primary amides is 1. The molecule has 0 saturated heterocycles. The molecule has 1 rings (SSSR count). The molecule has 0 aliphatic carbocycles. The van der Waals surface area contributed by atoms with Gasteiger partial charge in [0.25, 0.3) is 17.2 Å². The van der Waals surface area contributed by atoms with Crippen LogP contribution >= 0.6 is 11.6 Å². The van der Waals surface area contributed by atoms with Gasteiger partial charge >= 0.3 is 0 Å². The minimum Gasteiger partial charge on any atom is -0.366 e. The maximum Gasteiger partial charge on any atom is 0.259 e. The predicted molar refractivity (Wildman–Crippen MR) is 54.4 cm³/mol. The van der Waals surface area contributed by atoms with E-state index >= 15 is 0 Å². The van der Waals surface area contributed by atoms with Gasteiger partial charge in [0.2, 0.25) is 0 Å². The maximum atomic E-state index is 10.9. The van der Waals surface area contributed by atoms with Crippen molar-refractivity contribution in [3.8, 4) is 0 Å². The van der Waals surface area contributed by atoms with E-state index < -0.39 is 17.2 Å². The monoisotopic (exact) mass is 234 g/mol. The van der Waals surface area contributed by atoms with Gasteiger partial charge in [-0.1, -0.05) is 11.6 Å². The van der Waals surface area contributed by atoms with Crippen LogP contribution in [0.3, 0.4) is 0 Å². The lowest BCUT2D eigenvalue weighted by atomic mass is 10.2. The predicted octanol–water partition coefficient (Wildman–Crippen LogP) is 0.988. The molecular formula is C7H7ClN2O3S. The highest BCUT2D eigenvalue weighted by Gasteiger charge is 2.09. The molecule has 1 unspecified atom stereocenters. The van der Waals surface area contributed by atoms with Gasteiger partial charge in [0.1, 0.15) is 0 Å². The zero-order valence-corrected chi connectivity index (χ0v) is 8.43. The van der Waals surface area contributed by atoms with Crippen LogP contribution in [0.25, 0.3) is 0 Å². The van der Waals surface area contributed by atoms with Crippen molar-refractivity contribution in [1.29, 1.82) is 0 Å². The zero-order chi connectivity index (χ0) is 10.7. The molecule has 0 fully saturated rings. The van der Waals surface area contributed by atoms with Crippen molar-refractivity contribution in [3.63, 3.8) is 0 Å². The number of anilines is 1. The van der Waals surface area contributed by atoms with Crippen molar-refractivity contribution in [3.05, 3.63) is 28.8 Å². The molecule has 0 aromatic heterocycles. The van der Waals surface area contributed by atoms with Crippen LogP contribution in [0, 0.1) is 0 Å². The van der Waals surface area contributed by atoms with Gasteiger partial charge in [-0.05, 0) is 18.2 Å². The molecule has 14 heavy (non-hydrogen) atoms. The first-order valence-electron chi connectivity index (χ1n) is 3.47. The number of rotatable bonds is 3. The molecule has 0 spiro atoms. The Morgan fingerprint density at radius 2 is 2.21 bits per heavy atom. The summed E-state index contributed by atoms with van der Waals surface area (Å²) in [6, 6.07) is 4.19. The van der Waals surface area contributed by atoms with Crippen LogP contribution < -0.4 is 10.5 Å². The fourth-order valence-corrected chi connectivity index (χ4v) is 1.44. The van der Waals surface area contributed by atoms with E-state index in [0.717, 1.165) is 0 Å². The number of hydrogen-bond donors (Lipinski definition) is 3. The largest absolute Gasteiger partial charge is 0.366 e. The van der Waals surface area contributed by atoms with E-state index in [-0.39, 0.29) is 11.3 Å². The highest BCUT2D eigenvalue weighted by Crippen LogP contribution is 2.20. The molecule has 0 saturated carbocycles. The molecule has 1 aromatic carbocycles. The van der Waals surface area contributed by atoms with Gasteiger partial charge in [0, 0.05) is 5.02 Å². The zero-order valence-electron chi connectivity index (χ0n) is 6.86. The number of halogens is 1. The smallest absolute Gasteiger partial charge is 0.259 e. The van der Waals surface area contributed by atoms with Gasteiger partial charge in [0.15, 0.2) is 0 Å². The average Bonchev–Trinajstić information content (AvgIpc) is 2.07. The normalized spacial score (nSPS) is 12.1. The number of carbonyl (C=O) groups is 1. The minimum atomic E-state index is -2.25. The third kappa shape index (κ3) is 2.69. The highest BCUT2D eigenvalue weighted by atomic mass is 35.5. The summed E-state index contributed by atoms with van der Waals surface area (Å²) in [7, 11) is 0. The summed E-state index contributed by atoms with van der Waals surface area (Å²) in [6.45, 7) is 0. The van der Waals surface area contributed by atoms with Crippen molar-refractivity contribution in [1.82, 2.24) is 0 Å². The summed E-state index contributed by atoms with van der Waals surface area (Å²) < 4.78 is 21.2. The van der Waals surface area contributed by atoms with Crippen LogP contribution in [-0.2, 0) is 11.3 Å². The number of hydrogen-bond acceptors (Lipinski definition) is 2. The molecule has 0 bridgehead atoms. The molecular weight excluding hydrogens is 228 g/mol. The van der Waals surface area contributed by atoms with Crippen LogP contribution in [0.2, 0.25) is 5.02 Å². The molecule has 4 N–H and O–H groups in total. The SMILES string of the molecule is NC(=O)c1cc(Cl)ccc1NS(=O)O.